The second-order valence-electron chi connectivity index (χ2n) is 6.53. The molecule has 7 heteroatoms. The molecule has 0 saturated heterocycles. The fraction of sp³-hybridized carbons (Fsp3) is 0.733. The first-order valence-corrected chi connectivity index (χ1v) is 7.59. The van der Waals surface area contributed by atoms with Crippen LogP contribution in [0.25, 0.3) is 0 Å². The highest BCUT2D eigenvalue weighted by Gasteiger charge is 2.28. The number of hydroxylamine groups is 1. The van der Waals surface area contributed by atoms with E-state index in [1.807, 2.05) is 20.8 Å². The Balaban J connectivity index is 2.63. The van der Waals surface area contributed by atoms with E-state index in [9.17, 15) is 10.0 Å². The molecule has 22 heavy (non-hydrogen) atoms. The Bertz CT molecular complexity index is 416. The minimum Gasteiger partial charge on any atom is -0.444 e. The number of amides is 1. The molecule has 0 radical (unpaired) electrons. The summed E-state index contributed by atoms with van der Waals surface area (Å²) in [6, 6.07) is 0.0365. The van der Waals surface area contributed by atoms with Crippen LogP contribution >= 0.6 is 0 Å². The number of nitrogens with zero attached hydrogens (tertiary/aromatic N) is 2. The van der Waals surface area contributed by atoms with Crippen molar-refractivity contribution in [2.24, 2.45) is 11.0 Å². The fourth-order valence-electron chi connectivity index (χ4n) is 2.53. The van der Waals surface area contributed by atoms with Crippen LogP contribution in [0.1, 0.15) is 46.5 Å². The summed E-state index contributed by atoms with van der Waals surface area (Å²) in [6.07, 6.45) is 4.71. The second-order valence-corrected chi connectivity index (χ2v) is 6.53. The summed E-state index contributed by atoms with van der Waals surface area (Å²) in [4.78, 5) is 11.9. The van der Waals surface area contributed by atoms with Crippen molar-refractivity contribution >= 4 is 11.9 Å². The van der Waals surface area contributed by atoms with Gasteiger partial charge in [-0.3, -0.25) is 5.21 Å². The lowest BCUT2D eigenvalue weighted by Crippen LogP contribution is -2.44. The molecule has 0 spiro atoms. The lowest BCUT2D eigenvalue weighted by atomic mass is 9.85. The molecule has 0 aromatic carbocycles. The lowest BCUT2D eigenvalue weighted by molar-refractivity contribution is -0.0638. The molecule has 0 aromatic heterocycles. The molecule has 0 aliphatic heterocycles. The van der Waals surface area contributed by atoms with E-state index in [1.165, 1.54) is 13.2 Å². The summed E-state index contributed by atoms with van der Waals surface area (Å²) in [5.41, 5.74) is -0.505. The van der Waals surface area contributed by atoms with Gasteiger partial charge in [-0.25, -0.2) is 4.79 Å². The van der Waals surface area contributed by atoms with E-state index in [2.05, 4.69) is 22.3 Å². The molecule has 2 atom stereocenters. The van der Waals surface area contributed by atoms with Crippen LogP contribution in [-0.2, 0) is 4.74 Å². The molecule has 7 nitrogen and oxygen atoms in total. The maximum absolute atomic E-state index is 11.9. The standard InChI is InChI=1S/C15H28N4O3/c1-6-16-13(18-19(5)21)11-8-7-9-12(10-11)17-14(20)22-15(2,3)4/h6,11-12,21H,1,7-10H2,2-5H3,(H,16,18)(H,17,20)/t11-,12+/m0/s1. The summed E-state index contributed by atoms with van der Waals surface area (Å²) < 4.78 is 5.29. The average molecular weight is 312 g/mol. The highest BCUT2D eigenvalue weighted by Crippen LogP contribution is 2.25. The van der Waals surface area contributed by atoms with Crippen LogP contribution in [0.15, 0.2) is 17.9 Å². The molecule has 0 aromatic rings. The first-order chi connectivity index (χ1) is 10.2. The van der Waals surface area contributed by atoms with Crippen LogP contribution in [-0.4, -0.2) is 41.0 Å². The number of hydrazone groups is 1. The monoisotopic (exact) mass is 312 g/mol. The van der Waals surface area contributed by atoms with Gasteiger partial charge in [-0.1, -0.05) is 13.0 Å². The van der Waals surface area contributed by atoms with Crippen LogP contribution in [0.5, 0.6) is 0 Å². The third kappa shape index (κ3) is 6.80. The van der Waals surface area contributed by atoms with Gasteiger partial charge in [0.15, 0.2) is 0 Å². The topological polar surface area (TPSA) is 86.2 Å². The Morgan fingerprint density at radius 3 is 2.68 bits per heavy atom. The van der Waals surface area contributed by atoms with Gasteiger partial charge < -0.3 is 15.4 Å². The molecule has 1 rings (SSSR count). The zero-order valence-electron chi connectivity index (χ0n) is 13.9. The summed E-state index contributed by atoms with van der Waals surface area (Å²) >= 11 is 0. The van der Waals surface area contributed by atoms with Gasteiger partial charge in [-0.2, -0.15) is 5.17 Å². The van der Waals surface area contributed by atoms with Gasteiger partial charge in [-0.15, -0.1) is 5.10 Å². The second kappa shape index (κ2) is 8.03. The Labute approximate surface area is 132 Å². The molecule has 1 fully saturated rings. The molecule has 0 bridgehead atoms. The van der Waals surface area contributed by atoms with Gasteiger partial charge >= 0.3 is 6.09 Å². The summed E-state index contributed by atoms with van der Waals surface area (Å²) in [5, 5.41) is 20.0. The average Bonchev–Trinajstić information content (AvgIpc) is 2.35. The number of ether oxygens (including phenoxy) is 1. The minimum atomic E-state index is -0.505. The molecular formula is C15H28N4O3. The van der Waals surface area contributed by atoms with Crippen LogP contribution < -0.4 is 10.6 Å². The van der Waals surface area contributed by atoms with Gasteiger partial charge in [0.25, 0.3) is 0 Å². The summed E-state index contributed by atoms with van der Waals surface area (Å²) in [7, 11) is 1.45. The third-order valence-electron chi connectivity index (χ3n) is 3.28. The molecule has 0 unspecified atom stereocenters. The number of alkyl carbamates (subject to hydrolysis) is 1. The van der Waals surface area contributed by atoms with Crippen molar-refractivity contribution in [3.05, 3.63) is 12.8 Å². The quantitative estimate of drug-likeness (QED) is 0.422. The minimum absolute atomic E-state index is 0.0365. The normalized spacial score (nSPS) is 22.7. The zero-order valence-corrected chi connectivity index (χ0v) is 13.9. The van der Waals surface area contributed by atoms with Crippen LogP contribution in [0, 0.1) is 5.92 Å². The predicted molar refractivity (Wildman–Crippen MR) is 85.4 cm³/mol. The first-order valence-electron chi connectivity index (χ1n) is 7.59. The van der Waals surface area contributed by atoms with E-state index < -0.39 is 11.7 Å². The van der Waals surface area contributed by atoms with Crippen molar-refractivity contribution in [3.8, 4) is 0 Å². The summed E-state index contributed by atoms with van der Waals surface area (Å²) in [5.74, 6) is 0.775. The lowest BCUT2D eigenvalue weighted by Gasteiger charge is -2.31. The van der Waals surface area contributed by atoms with Gasteiger partial charge in [-0.05, 0) is 46.2 Å². The molecular weight excluding hydrogens is 284 g/mol. The highest BCUT2D eigenvalue weighted by atomic mass is 16.6. The van der Waals surface area contributed by atoms with E-state index in [0.29, 0.717) is 5.84 Å². The van der Waals surface area contributed by atoms with Crippen LogP contribution in [0.4, 0.5) is 4.79 Å². The molecule has 3 N–H and O–H groups in total. The number of rotatable bonds is 4. The predicted octanol–water partition coefficient (Wildman–Crippen LogP) is 2.44. The Hall–Kier alpha value is -1.76. The van der Waals surface area contributed by atoms with E-state index in [4.69, 9.17) is 4.74 Å². The third-order valence-corrected chi connectivity index (χ3v) is 3.28. The number of hydrogen-bond acceptors (Lipinski definition) is 5. The van der Waals surface area contributed by atoms with Gasteiger partial charge in [0.2, 0.25) is 0 Å². The Morgan fingerprint density at radius 2 is 2.14 bits per heavy atom. The number of nitrogens with one attached hydrogen (secondary N) is 2. The summed E-state index contributed by atoms with van der Waals surface area (Å²) in [6.45, 7) is 9.15. The van der Waals surface area contributed by atoms with Crippen molar-refractivity contribution in [1.29, 1.82) is 0 Å². The van der Waals surface area contributed by atoms with Gasteiger partial charge in [0.05, 0.1) is 7.05 Å². The maximum atomic E-state index is 11.9. The number of carbonyl (C=O) groups is 1. The van der Waals surface area contributed by atoms with Crippen molar-refractivity contribution in [2.45, 2.75) is 58.1 Å². The molecule has 0 heterocycles. The number of hydrogen-bond donors (Lipinski definition) is 3. The van der Waals surface area contributed by atoms with Gasteiger partial charge in [0, 0.05) is 12.0 Å². The van der Waals surface area contributed by atoms with Crippen molar-refractivity contribution in [3.63, 3.8) is 0 Å². The molecule has 1 aliphatic rings. The molecule has 1 aliphatic carbocycles. The maximum Gasteiger partial charge on any atom is 0.407 e. The van der Waals surface area contributed by atoms with E-state index in [0.717, 1.165) is 30.9 Å². The smallest absolute Gasteiger partial charge is 0.407 e. The van der Waals surface area contributed by atoms with Crippen molar-refractivity contribution < 1.29 is 14.7 Å². The van der Waals surface area contributed by atoms with Crippen LogP contribution in [0.2, 0.25) is 0 Å². The van der Waals surface area contributed by atoms with Crippen molar-refractivity contribution in [2.75, 3.05) is 7.05 Å². The molecule has 1 amide bonds. The Morgan fingerprint density at radius 1 is 1.45 bits per heavy atom. The zero-order chi connectivity index (χ0) is 16.8. The Kier molecular flexibility index (Phi) is 6.67. The fourth-order valence-corrected chi connectivity index (χ4v) is 2.53. The van der Waals surface area contributed by atoms with Gasteiger partial charge in [0.1, 0.15) is 11.4 Å². The highest BCUT2D eigenvalue weighted by molar-refractivity contribution is 5.85. The van der Waals surface area contributed by atoms with Crippen molar-refractivity contribution in [1.82, 2.24) is 15.8 Å². The van der Waals surface area contributed by atoms with E-state index >= 15 is 0 Å². The molecule has 126 valence electrons. The largest absolute Gasteiger partial charge is 0.444 e. The number of carbonyl (C=O) groups excluding carboxylic acids is 1. The van der Waals surface area contributed by atoms with Crippen LogP contribution in [0.3, 0.4) is 0 Å². The molecule has 1 saturated carbocycles. The SMILES string of the molecule is C=CN/C(=N\N(C)O)[C@H]1CCC[C@@H](NC(=O)OC(C)(C)C)C1. The van der Waals surface area contributed by atoms with E-state index in [1.54, 1.807) is 0 Å². The van der Waals surface area contributed by atoms with E-state index in [-0.39, 0.29) is 12.0 Å². The first kappa shape index (κ1) is 18.3. The number of amidine groups is 1.